The van der Waals surface area contributed by atoms with Crippen molar-refractivity contribution in [1.29, 1.82) is 0 Å². The predicted molar refractivity (Wildman–Crippen MR) is 71.2 cm³/mol. The summed E-state index contributed by atoms with van der Waals surface area (Å²) >= 11 is 0. The minimum absolute atomic E-state index is 0.406. The molecule has 106 valence electrons. The van der Waals surface area contributed by atoms with E-state index in [0.717, 1.165) is 12.1 Å². The molecule has 0 saturated carbocycles. The molecule has 0 radical (unpaired) electrons. The molecule has 0 fully saturated rings. The average molecular weight is 283 g/mol. The summed E-state index contributed by atoms with van der Waals surface area (Å²) in [6, 6.07) is 9.04. The molecule has 0 unspecified atom stereocenters. The van der Waals surface area contributed by atoms with Crippen LogP contribution in [0.5, 0.6) is 0 Å². The van der Waals surface area contributed by atoms with Gasteiger partial charge < -0.3 is 4.90 Å². The Morgan fingerprint density at radius 3 is 2.25 bits per heavy atom. The highest BCUT2D eigenvalue weighted by Gasteiger charge is 2.30. The van der Waals surface area contributed by atoms with Gasteiger partial charge in [0.1, 0.15) is 5.82 Å². The molecular formula is C15H13F4N. The van der Waals surface area contributed by atoms with Crippen molar-refractivity contribution in [3.8, 4) is 11.1 Å². The monoisotopic (exact) mass is 283 g/mol. The lowest BCUT2D eigenvalue weighted by molar-refractivity contribution is -0.137. The molecule has 2 rings (SSSR count). The average Bonchev–Trinajstić information content (AvgIpc) is 2.37. The molecule has 0 atom stereocenters. The van der Waals surface area contributed by atoms with E-state index in [2.05, 4.69) is 0 Å². The fourth-order valence-electron chi connectivity index (χ4n) is 1.98. The number of hydrogen-bond donors (Lipinski definition) is 0. The summed E-state index contributed by atoms with van der Waals surface area (Å²) < 4.78 is 51.5. The first-order valence-corrected chi connectivity index (χ1v) is 5.93. The van der Waals surface area contributed by atoms with Gasteiger partial charge in [-0.3, -0.25) is 0 Å². The summed E-state index contributed by atoms with van der Waals surface area (Å²) in [4.78, 5) is 1.67. The zero-order chi connectivity index (χ0) is 14.9. The standard InChI is InChI=1S/C15H13F4N/c1-20(2)14-9-12(16)6-7-13(14)10-4-3-5-11(8-10)15(17,18)19/h3-9H,1-2H3. The fraction of sp³-hybridized carbons (Fsp3) is 0.200. The molecular weight excluding hydrogens is 270 g/mol. The van der Waals surface area contributed by atoms with Gasteiger partial charge in [0.05, 0.1) is 5.56 Å². The zero-order valence-electron chi connectivity index (χ0n) is 11.0. The number of nitrogens with zero attached hydrogens (tertiary/aromatic N) is 1. The molecule has 2 aromatic rings. The van der Waals surface area contributed by atoms with Crippen LogP contribution in [0.4, 0.5) is 23.2 Å². The van der Waals surface area contributed by atoms with Crippen LogP contribution in [0.1, 0.15) is 5.56 Å². The molecule has 5 heteroatoms. The first-order valence-electron chi connectivity index (χ1n) is 5.93. The fourth-order valence-corrected chi connectivity index (χ4v) is 1.98. The quantitative estimate of drug-likeness (QED) is 0.729. The maximum absolute atomic E-state index is 13.3. The van der Waals surface area contributed by atoms with E-state index in [1.54, 1.807) is 25.1 Å². The number of hydrogen-bond acceptors (Lipinski definition) is 1. The maximum Gasteiger partial charge on any atom is 0.416 e. The van der Waals surface area contributed by atoms with Gasteiger partial charge in [-0.05, 0) is 35.9 Å². The normalized spacial score (nSPS) is 11.5. The zero-order valence-corrected chi connectivity index (χ0v) is 11.0. The molecule has 20 heavy (non-hydrogen) atoms. The third-order valence-electron chi connectivity index (χ3n) is 2.94. The molecule has 1 nitrogen and oxygen atoms in total. The second kappa shape index (κ2) is 5.15. The first kappa shape index (κ1) is 14.4. The van der Waals surface area contributed by atoms with Crippen LogP contribution in [0, 0.1) is 5.82 Å². The summed E-state index contributed by atoms with van der Waals surface area (Å²) in [5.41, 5.74) is 0.777. The molecule has 0 aliphatic rings. The first-order chi connectivity index (χ1) is 9.29. The van der Waals surface area contributed by atoms with E-state index in [9.17, 15) is 17.6 Å². The second-order valence-corrected chi connectivity index (χ2v) is 4.63. The van der Waals surface area contributed by atoms with E-state index in [0.29, 0.717) is 16.8 Å². The summed E-state index contributed by atoms with van der Waals surface area (Å²) in [7, 11) is 3.43. The Kier molecular flexibility index (Phi) is 3.70. The molecule has 0 N–H and O–H groups in total. The second-order valence-electron chi connectivity index (χ2n) is 4.63. The SMILES string of the molecule is CN(C)c1cc(F)ccc1-c1cccc(C(F)(F)F)c1. The van der Waals surface area contributed by atoms with Gasteiger partial charge in [0, 0.05) is 25.3 Å². The summed E-state index contributed by atoms with van der Waals surface area (Å²) in [5, 5.41) is 0. The highest BCUT2D eigenvalue weighted by molar-refractivity contribution is 5.78. The van der Waals surface area contributed by atoms with Crippen LogP contribution in [0.2, 0.25) is 0 Å². The van der Waals surface area contributed by atoms with Gasteiger partial charge in [0.15, 0.2) is 0 Å². The van der Waals surface area contributed by atoms with Gasteiger partial charge in [0.2, 0.25) is 0 Å². The largest absolute Gasteiger partial charge is 0.416 e. The lowest BCUT2D eigenvalue weighted by Gasteiger charge is -2.18. The molecule has 0 amide bonds. The topological polar surface area (TPSA) is 3.24 Å². The van der Waals surface area contributed by atoms with Gasteiger partial charge in [-0.2, -0.15) is 13.2 Å². The molecule has 0 saturated heterocycles. The molecule has 0 spiro atoms. The predicted octanol–water partition coefficient (Wildman–Crippen LogP) is 4.58. The van der Waals surface area contributed by atoms with Crippen LogP contribution < -0.4 is 4.90 Å². The third kappa shape index (κ3) is 2.92. The molecule has 0 aromatic heterocycles. The number of halogens is 4. The van der Waals surface area contributed by atoms with Crippen molar-refractivity contribution in [1.82, 2.24) is 0 Å². The maximum atomic E-state index is 13.3. The van der Waals surface area contributed by atoms with Gasteiger partial charge >= 0.3 is 6.18 Å². The summed E-state index contributed by atoms with van der Waals surface area (Å²) in [5.74, 6) is -0.426. The molecule has 0 aliphatic carbocycles. The molecule has 0 bridgehead atoms. The third-order valence-corrected chi connectivity index (χ3v) is 2.94. The van der Waals surface area contributed by atoms with Crippen molar-refractivity contribution in [2.45, 2.75) is 6.18 Å². The van der Waals surface area contributed by atoms with E-state index in [1.165, 1.54) is 24.3 Å². The minimum atomic E-state index is -4.39. The van der Waals surface area contributed by atoms with Gasteiger partial charge in [-0.25, -0.2) is 4.39 Å². The number of benzene rings is 2. The lowest BCUT2D eigenvalue weighted by Crippen LogP contribution is -2.10. The van der Waals surface area contributed by atoms with Crippen molar-refractivity contribution in [3.05, 3.63) is 53.8 Å². The van der Waals surface area contributed by atoms with Crippen LogP contribution in [0.15, 0.2) is 42.5 Å². The summed E-state index contributed by atoms with van der Waals surface area (Å²) in [6.07, 6.45) is -4.39. The van der Waals surface area contributed by atoms with Crippen LogP contribution in [-0.2, 0) is 6.18 Å². The molecule has 2 aromatic carbocycles. The van der Waals surface area contributed by atoms with Crippen LogP contribution >= 0.6 is 0 Å². The number of rotatable bonds is 2. The van der Waals surface area contributed by atoms with Crippen molar-refractivity contribution in [3.63, 3.8) is 0 Å². The van der Waals surface area contributed by atoms with Crippen LogP contribution in [-0.4, -0.2) is 14.1 Å². The number of alkyl halides is 3. The van der Waals surface area contributed by atoms with E-state index in [-0.39, 0.29) is 0 Å². The Labute approximate surface area is 114 Å². The Morgan fingerprint density at radius 1 is 0.950 bits per heavy atom. The van der Waals surface area contributed by atoms with Gasteiger partial charge in [0.25, 0.3) is 0 Å². The van der Waals surface area contributed by atoms with E-state index in [1.807, 2.05) is 0 Å². The minimum Gasteiger partial charge on any atom is -0.377 e. The highest BCUT2D eigenvalue weighted by atomic mass is 19.4. The van der Waals surface area contributed by atoms with Crippen molar-refractivity contribution in [2.75, 3.05) is 19.0 Å². The lowest BCUT2D eigenvalue weighted by atomic mass is 10.0. The van der Waals surface area contributed by atoms with E-state index < -0.39 is 17.6 Å². The Morgan fingerprint density at radius 2 is 1.65 bits per heavy atom. The van der Waals surface area contributed by atoms with Crippen molar-refractivity contribution < 1.29 is 17.6 Å². The number of anilines is 1. The van der Waals surface area contributed by atoms with E-state index in [4.69, 9.17) is 0 Å². The Bertz CT molecular complexity index is 618. The van der Waals surface area contributed by atoms with Gasteiger partial charge in [-0.1, -0.05) is 12.1 Å². The van der Waals surface area contributed by atoms with E-state index >= 15 is 0 Å². The molecule has 0 heterocycles. The van der Waals surface area contributed by atoms with Crippen LogP contribution in [0.3, 0.4) is 0 Å². The van der Waals surface area contributed by atoms with Crippen molar-refractivity contribution >= 4 is 5.69 Å². The Hall–Kier alpha value is -2.04. The smallest absolute Gasteiger partial charge is 0.377 e. The van der Waals surface area contributed by atoms with Gasteiger partial charge in [-0.15, -0.1) is 0 Å². The van der Waals surface area contributed by atoms with Crippen molar-refractivity contribution in [2.24, 2.45) is 0 Å². The highest BCUT2D eigenvalue weighted by Crippen LogP contribution is 2.35. The Balaban J connectivity index is 2.57. The summed E-state index contributed by atoms with van der Waals surface area (Å²) in [6.45, 7) is 0. The molecule has 0 aliphatic heterocycles. The van der Waals surface area contributed by atoms with Crippen LogP contribution in [0.25, 0.3) is 11.1 Å².